The van der Waals surface area contributed by atoms with Crippen LogP contribution >= 0.6 is 15.9 Å². The van der Waals surface area contributed by atoms with Gasteiger partial charge in [-0.25, -0.2) is 4.98 Å². The molecule has 0 radical (unpaired) electrons. The number of aromatic nitrogens is 2. The molecular formula is C25H32BrN3. The van der Waals surface area contributed by atoms with Gasteiger partial charge in [0.05, 0.1) is 11.0 Å². The molecule has 1 fully saturated rings. The van der Waals surface area contributed by atoms with Crippen LogP contribution in [0.3, 0.4) is 0 Å². The quantitative estimate of drug-likeness (QED) is 0.432. The summed E-state index contributed by atoms with van der Waals surface area (Å²) in [7, 11) is 0. The van der Waals surface area contributed by atoms with Gasteiger partial charge in [-0.15, -0.1) is 0 Å². The summed E-state index contributed by atoms with van der Waals surface area (Å²) >= 11 is 3.61. The van der Waals surface area contributed by atoms with E-state index in [0.29, 0.717) is 17.4 Å². The van der Waals surface area contributed by atoms with E-state index in [1.807, 2.05) is 0 Å². The number of fused-ring (bicyclic) bond motifs is 1. The van der Waals surface area contributed by atoms with Crippen molar-refractivity contribution in [3.63, 3.8) is 0 Å². The highest BCUT2D eigenvalue weighted by atomic mass is 79.9. The average Bonchev–Trinajstić information content (AvgIpc) is 2.97. The highest BCUT2D eigenvalue weighted by molar-refractivity contribution is 9.10. The molecule has 1 aliphatic rings. The summed E-state index contributed by atoms with van der Waals surface area (Å²) in [6, 6.07) is 15.7. The molecule has 1 saturated carbocycles. The summed E-state index contributed by atoms with van der Waals surface area (Å²) < 4.78 is 3.52. The van der Waals surface area contributed by atoms with E-state index in [0.717, 1.165) is 27.5 Å². The number of nitrogens with one attached hydrogen (secondary N) is 1. The zero-order valence-electron chi connectivity index (χ0n) is 18.2. The number of hydrogen-bond donors (Lipinski definition) is 1. The molecule has 154 valence electrons. The zero-order valence-corrected chi connectivity index (χ0v) is 19.8. The smallest absolute Gasteiger partial charge is 0.208 e. The first-order valence-electron chi connectivity index (χ1n) is 10.8. The Morgan fingerprint density at radius 1 is 1.10 bits per heavy atom. The number of rotatable bonds is 4. The van der Waals surface area contributed by atoms with Gasteiger partial charge in [-0.3, -0.25) is 0 Å². The second-order valence-electron chi connectivity index (χ2n) is 9.91. The fourth-order valence-electron chi connectivity index (χ4n) is 5.10. The lowest BCUT2D eigenvalue weighted by atomic mass is 9.70. The van der Waals surface area contributed by atoms with Crippen molar-refractivity contribution in [1.29, 1.82) is 0 Å². The van der Waals surface area contributed by atoms with Crippen LogP contribution in [0, 0.1) is 11.3 Å². The van der Waals surface area contributed by atoms with Crippen molar-refractivity contribution in [1.82, 2.24) is 9.55 Å². The van der Waals surface area contributed by atoms with Crippen molar-refractivity contribution in [3.05, 3.63) is 52.5 Å². The lowest BCUT2D eigenvalue weighted by molar-refractivity contribution is 0.140. The van der Waals surface area contributed by atoms with Crippen LogP contribution in [0.15, 0.2) is 46.9 Å². The largest absolute Gasteiger partial charge is 0.326 e. The maximum Gasteiger partial charge on any atom is 0.208 e. The van der Waals surface area contributed by atoms with Crippen molar-refractivity contribution in [2.75, 3.05) is 5.32 Å². The second kappa shape index (κ2) is 7.79. The highest BCUT2D eigenvalue weighted by Gasteiger charge is 2.34. The number of benzene rings is 2. The van der Waals surface area contributed by atoms with Gasteiger partial charge in [-0.2, -0.15) is 0 Å². The molecule has 1 aliphatic carbocycles. The van der Waals surface area contributed by atoms with Crippen molar-refractivity contribution in [2.45, 2.75) is 65.8 Å². The van der Waals surface area contributed by atoms with E-state index in [2.05, 4.69) is 103 Å². The number of hydrogen-bond acceptors (Lipinski definition) is 2. The molecule has 29 heavy (non-hydrogen) atoms. The normalized spacial score (nSPS) is 21.6. The molecule has 1 N–H and O–H groups in total. The van der Waals surface area contributed by atoms with Crippen LogP contribution in [0.4, 0.5) is 11.6 Å². The zero-order chi connectivity index (χ0) is 20.8. The van der Waals surface area contributed by atoms with E-state index in [1.165, 1.54) is 30.3 Å². The van der Waals surface area contributed by atoms with Gasteiger partial charge >= 0.3 is 0 Å². The molecule has 0 bridgehead atoms. The summed E-state index contributed by atoms with van der Waals surface area (Å²) in [5, 5.41) is 3.62. The van der Waals surface area contributed by atoms with E-state index >= 15 is 0 Å². The SMILES string of the molecule is CC1C[C@@H](n2c(Nc3ccc(C(C)C)cc3)nc3cc(Br)ccc32)CC(C)(C)C1. The number of halogens is 1. The molecule has 4 rings (SSSR count). The van der Waals surface area contributed by atoms with E-state index in [9.17, 15) is 0 Å². The lowest BCUT2D eigenvalue weighted by Crippen LogP contribution is -2.29. The lowest BCUT2D eigenvalue weighted by Gasteiger charge is -2.40. The maximum atomic E-state index is 5.00. The molecule has 3 aromatic rings. The predicted octanol–water partition coefficient (Wildman–Crippen LogP) is 8.05. The minimum absolute atomic E-state index is 0.352. The summed E-state index contributed by atoms with van der Waals surface area (Å²) in [5.74, 6) is 2.21. The van der Waals surface area contributed by atoms with Crippen LogP contribution in [0.1, 0.15) is 71.4 Å². The number of anilines is 2. The Morgan fingerprint density at radius 2 is 1.83 bits per heavy atom. The monoisotopic (exact) mass is 453 g/mol. The van der Waals surface area contributed by atoms with Crippen LogP contribution in [0.2, 0.25) is 0 Å². The molecule has 0 spiro atoms. The molecule has 1 heterocycles. The van der Waals surface area contributed by atoms with Gasteiger partial charge in [-0.1, -0.05) is 62.7 Å². The molecule has 1 unspecified atom stereocenters. The summed E-state index contributed by atoms with van der Waals surface area (Å²) in [4.78, 5) is 5.00. The fraction of sp³-hybridized carbons (Fsp3) is 0.480. The maximum absolute atomic E-state index is 5.00. The molecule has 1 aromatic heterocycles. The minimum atomic E-state index is 0.352. The van der Waals surface area contributed by atoms with Crippen molar-refractivity contribution in [3.8, 4) is 0 Å². The van der Waals surface area contributed by atoms with Crippen LogP contribution in [-0.2, 0) is 0 Å². The summed E-state index contributed by atoms with van der Waals surface area (Å²) in [6.45, 7) is 11.7. The van der Waals surface area contributed by atoms with Gasteiger partial charge in [0.2, 0.25) is 5.95 Å². The Labute approximate surface area is 183 Å². The van der Waals surface area contributed by atoms with Gasteiger partial charge in [0.25, 0.3) is 0 Å². The summed E-state index contributed by atoms with van der Waals surface area (Å²) in [5.41, 5.74) is 5.05. The molecule has 0 amide bonds. The van der Waals surface area contributed by atoms with Gasteiger partial charge in [0.15, 0.2) is 0 Å². The Morgan fingerprint density at radius 3 is 2.48 bits per heavy atom. The molecule has 2 atom stereocenters. The molecule has 2 aromatic carbocycles. The predicted molar refractivity (Wildman–Crippen MR) is 127 cm³/mol. The van der Waals surface area contributed by atoms with Gasteiger partial charge < -0.3 is 9.88 Å². The first kappa shape index (κ1) is 20.5. The standard InChI is InChI=1S/C25H32BrN3/c1-16(2)18-6-9-20(10-7-18)27-24-28-22-13-19(26)8-11-23(22)29(24)21-12-17(3)14-25(4,5)15-21/h6-11,13,16-17,21H,12,14-15H2,1-5H3,(H,27,28)/t17?,21-/m1/s1. The third kappa shape index (κ3) is 4.37. The number of imidazole rings is 1. The van der Waals surface area contributed by atoms with E-state index in [1.54, 1.807) is 0 Å². The van der Waals surface area contributed by atoms with Crippen LogP contribution in [-0.4, -0.2) is 9.55 Å². The molecule has 3 nitrogen and oxygen atoms in total. The molecular weight excluding hydrogens is 422 g/mol. The first-order valence-corrected chi connectivity index (χ1v) is 11.6. The fourth-order valence-corrected chi connectivity index (χ4v) is 5.45. The molecule has 4 heteroatoms. The van der Waals surface area contributed by atoms with Crippen molar-refractivity contribution < 1.29 is 0 Å². The van der Waals surface area contributed by atoms with E-state index in [-0.39, 0.29) is 0 Å². The second-order valence-corrected chi connectivity index (χ2v) is 10.8. The summed E-state index contributed by atoms with van der Waals surface area (Å²) in [6.07, 6.45) is 3.67. The van der Waals surface area contributed by atoms with Gasteiger partial charge in [0, 0.05) is 16.2 Å². The third-order valence-corrected chi connectivity index (χ3v) is 6.71. The third-order valence-electron chi connectivity index (χ3n) is 6.21. The Balaban J connectivity index is 1.75. The number of nitrogens with zero attached hydrogens (tertiary/aromatic N) is 2. The van der Waals surface area contributed by atoms with Crippen LogP contribution < -0.4 is 5.32 Å². The minimum Gasteiger partial charge on any atom is -0.326 e. The van der Waals surface area contributed by atoms with E-state index < -0.39 is 0 Å². The molecule has 0 saturated heterocycles. The van der Waals surface area contributed by atoms with Gasteiger partial charge in [-0.05, 0) is 72.4 Å². The van der Waals surface area contributed by atoms with Crippen molar-refractivity contribution >= 4 is 38.6 Å². The van der Waals surface area contributed by atoms with Crippen LogP contribution in [0.25, 0.3) is 11.0 Å². The first-order chi connectivity index (χ1) is 13.7. The average molecular weight is 454 g/mol. The van der Waals surface area contributed by atoms with Crippen LogP contribution in [0.5, 0.6) is 0 Å². The van der Waals surface area contributed by atoms with E-state index in [4.69, 9.17) is 4.98 Å². The van der Waals surface area contributed by atoms with Crippen molar-refractivity contribution in [2.24, 2.45) is 11.3 Å². The Bertz CT molecular complexity index is 1000. The van der Waals surface area contributed by atoms with Gasteiger partial charge in [0.1, 0.15) is 0 Å². The molecule has 0 aliphatic heterocycles. The highest BCUT2D eigenvalue weighted by Crippen LogP contribution is 2.46. The Hall–Kier alpha value is -1.81. The Kier molecular flexibility index (Phi) is 5.50. The topological polar surface area (TPSA) is 29.9 Å².